The number of hydrogen-bond acceptors (Lipinski definition) is 3. The molecular weight excluding hydrogens is 1350 g/mol. The summed E-state index contributed by atoms with van der Waals surface area (Å²) < 4.78 is 17.4. The Kier molecular flexibility index (Phi) is 15.0. The molecule has 3 aromatic heterocycles. The Balaban J connectivity index is 0.00000721. The molecule has 15 rings (SSSR count). The van der Waals surface area contributed by atoms with E-state index < -0.39 is 13.3 Å². The fraction of sp³-hybridized carbons (Fsp3) is 0.143. The van der Waals surface area contributed by atoms with E-state index in [1.807, 2.05) is 12.3 Å². The van der Waals surface area contributed by atoms with E-state index in [-0.39, 0.29) is 37.3 Å². The SMILES string of the molecule is CC(C)(C)c1cc(Oc2[c-]c3c(cc2)c2ccccc2n3-c2cc(C(C)(C)C)ccn2)[c-]c(N2[CH-]n3c4c(-c5cc(C(C)(C)C)c[c]([Ge]([c]6ccccc6)([c]6ccccc6)[c]6ccccc6)c5)cccc4c4ccccc4c4ccccc4c4cccc2c43)c1.[Pt]. The molecule has 11 aromatic carbocycles. The minimum Gasteiger partial charge on any atom is 0 e. The molecule has 4 heterocycles. The average Bonchev–Trinajstić information content (AvgIpc) is 1.51. The Morgan fingerprint density at radius 2 is 0.923 bits per heavy atom. The molecule has 0 radical (unpaired) electrons. The summed E-state index contributed by atoms with van der Waals surface area (Å²) in [5, 5.41) is 9.20. The Hall–Kier alpha value is -9.13. The van der Waals surface area contributed by atoms with E-state index in [0.717, 1.165) is 71.9 Å². The number of fused-ring (bicyclic) bond motifs is 10. The minimum atomic E-state index is -3.84. The number of para-hydroxylation sites is 3. The van der Waals surface area contributed by atoms with Gasteiger partial charge in [0.25, 0.3) is 0 Å². The summed E-state index contributed by atoms with van der Waals surface area (Å²) >= 11 is -3.84. The van der Waals surface area contributed by atoms with Crippen LogP contribution in [0.5, 0.6) is 11.5 Å². The number of nitrogens with zero attached hydrogens (tertiary/aromatic N) is 4. The third kappa shape index (κ3) is 10.3. The summed E-state index contributed by atoms with van der Waals surface area (Å²) in [7, 11) is 0. The van der Waals surface area contributed by atoms with Crippen molar-refractivity contribution in [1.29, 1.82) is 0 Å². The zero-order valence-corrected chi connectivity index (χ0v) is 57.3. The Morgan fingerprint density at radius 1 is 0.407 bits per heavy atom. The summed E-state index contributed by atoms with van der Waals surface area (Å²) in [6.45, 7) is 22.9. The van der Waals surface area contributed by atoms with Crippen LogP contribution >= 0.6 is 0 Å². The van der Waals surface area contributed by atoms with E-state index in [1.165, 1.54) is 55.8 Å². The summed E-state index contributed by atoms with van der Waals surface area (Å²) in [6.07, 6.45) is 1.92. The largest absolute Gasteiger partial charge is 0 e. The molecule has 14 aromatic rings. The van der Waals surface area contributed by atoms with Crippen LogP contribution in [-0.4, -0.2) is 27.4 Å². The van der Waals surface area contributed by atoms with Gasteiger partial charge in [-0.3, -0.25) is 0 Å². The van der Waals surface area contributed by atoms with Gasteiger partial charge in [-0.05, 0) is 34.6 Å². The number of hydrogen-bond donors (Lipinski definition) is 0. The number of pyridine rings is 1. The Bertz CT molecular complexity index is 5110. The van der Waals surface area contributed by atoms with Crippen molar-refractivity contribution in [2.24, 2.45) is 0 Å². The quantitative estimate of drug-likeness (QED) is 0.107. The molecule has 0 unspecified atom stereocenters. The molecule has 1 aliphatic rings. The predicted molar refractivity (Wildman–Crippen MR) is 382 cm³/mol. The fourth-order valence-corrected chi connectivity index (χ4v) is 24.0. The average molecular weight is 1420 g/mol. The fourth-order valence-electron chi connectivity index (χ4n) is 13.9. The van der Waals surface area contributed by atoms with Crippen LogP contribution in [0, 0.1) is 18.8 Å². The topological polar surface area (TPSA) is 35.2 Å². The van der Waals surface area contributed by atoms with Crippen LogP contribution in [0.15, 0.2) is 261 Å². The molecule has 450 valence electrons. The third-order valence-corrected chi connectivity index (χ3v) is 28.5. The van der Waals surface area contributed by atoms with E-state index in [0.29, 0.717) is 11.5 Å². The molecule has 0 saturated carbocycles. The monoisotopic (exact) mass is 1420 g/mol. The van der Waals surface area contributed by atoms with Gasteiger partial charge in [0, 0.05) is 38.5 Å². The van der Waals surface area contributed by atoms with Gasteiger partial charge >= 0.3 is 378 Å². The smallest absolute Gasteiger partial charge is 0 e. The summed E-state index contributed by atoms with van der Waals surface area (Å²) in [4.78, 5) is 7.31. The van der Waals surface area contributed by atoms with Crippen LogP contribution in [0.2, 0.25) is 0 Å². The van der Waals surface area contributed by atoms with Crippen molar-refractivity contribution in [2.75, 3.05) is 4.90 Å². The molecule has 5 nitrogen and oxygen atoms in total. The molecule has 0 N–H and O–H groups in total. The molecule has 0 aliphatic carbocycles. The molecular formula is C84H71GeN4OPt-3. The van der Waals surface area contributed by atoms with Gasteiger partial charge in [0.05, 0.1) is 0 Å². The number of anilines is 2. The van der Waals surface area contributed by atoms with E-state index in [1.54, 1.807) is 0 Å². The van der Waals surface area contributed by atoms with Gasteiger partial charge in [-0.15, -0.1) is 17.5 Å². The van der Waals surface area contributed by atoms with Crippen molar-refractivity contribution in [3.8, 4) is 28.4 Å². The van der Waals surface area contributed by atoms with E-state index in [2.05, 4.69) is 344 Å². The second-order valence-electron chi connectivity index (χ2n) is 27.3. The normalized spacial score (nSPS) is 12.6. The van der Waals surface area contributed by atoms with Crippen LogP contribution in [-0.2, 0) is 37.3 Å². The van der Waals surface area contributed by atoms with Gasteiger partial charge in [-0.2, -0.15) is 6.07 Å². The first-order chi connectivity index (χ1) is 43.5. The molecule has 0 spiro atoms. The van der Waals surface area contributed by atoms with Crippen molar-refractivity contribution in [3.63, 3.8) is 0 Å². The number of ether oxygens (including phenoxy) is 1. The number of aromatic nitrogens is 3. The van der Waals surface area contributed by atoms with E-state index in [9.17, 15) is 0 Å². The van der Waals surface area contributed by atoms with Crippen LogP contribution in [0.3, 0.4) is 0 Å². The summed E-state index contributed by atoms with van der Waals surface area (Å²) in [5.41, 5.74) is 11.5. The molecule has 0 amide bonds. The van der Waals surface area contributed by atoms with Gasteiger partial charge in [0.2, 0.25) is 0 Å². The van der Waals surface area contributed by atoms with Crippen molar-refractivity contribution < 1.29 is 25.8 Å². The molecule has 0 atom stereocenters. The molecule has 0 bridgehead atoms. The van der Waals surface area contributed by atoms with E-state index >= 15 is 0 Å². The van der Waals surface area contributed by atoms with Crippen molar-refractivity contribution in [1.82, 2.24) is 14.1 Å². The maximum absolute atomic E-state index is 7.12. The zero-order chi connectivity index (χ0) is 61.7. The van der Waals surface area contributed by atoms with Gasteiger partial charge in [-0.1, -0.05) is 65.3 Å². The Morgan fingerprint density at radius 3 is 1.52 bits per heavy atom. The molecule has 7 heteroatoms. The standard InChI is InChI=1S/C84H71GeN4O.Pt/c1-82(2,3)57-45-46-86-79(52-57)89-76-41-24-23-37-72(76)73-44-43-65(54-78(73)89)90-66-51-59(84(7,8)9)50-64(53-66)87-55-88-80-67(38-25-39-74(80)70-35-21-19-33-68(70)69-34-20-22-36-71(69)75-40-26-42-77(87)81(75)88)56-47-58(83(4,5)6)49-63(48-56)85(60-27-13-10-14-28-60,61-29-15-11-16-30-61)62-31-17-12-18-32-62;/h10-52,55H,1-9H3;/q-3;. The molecule has 0 fully saturated rings. The second-order valence-corrected chi connectivity index (χ2v) is 35.3. The predicted octanol–water partition coefficient (Wildman–Crippen LogP) is 19.2. The van der Waals surface area contributed by atoms with Gasteiger partial charge in [-0.25, -0.2) is 4.98 Å². The van der Waals surface area contributed by atoms with Crippen molar-refractivity contribution >= 4 is 107 Å². The van der Waals surface area contributed by atoms with Crippen LogP contribution in [0.4, 0.5) is 11.4 Å². The zero-order valence-electron chi connectivity index (χ0n) is 52.9. The summed E-state index contributed by atoms with van der Waals surface area (Å²) in [5.74, 6) is 2.04. The minimum absolute atomic E-state index is 0. The van der Waals surface area contributed by atoms with Gasteiger partial charge in [0.15, 0.2) is 0 Å². The molecule has 0 saturated heterocycles. The van der Waals surface area contributed by atoms with Crippen molar-refractivity contribution in [3.05, 3.63) is 296 Å². The van der Waals surface area contributed by atoms with Crippen LogP contribution < -0.4 is 27.2 Å². The van der Waals surface area contributed by atoms with Crippen molar-refractivity contribution in [2.45, 2.75) is 78.6 Å². The first-order valence-electron chi connectivity index (χ1n) is 31.4. The van der Waals surface area contributed by atoms with Gasteiger partial charge in [0.1, 0.15) is 5.82 Å². The number of benzene rings is 11. The van der Waals surface area contributed by atoms with Gasteiger partial charge < -0.3 is 4.57 Å². The first-order valence-corrected chi connectivity index (χ1v) is 35.6. The third-order valence-electron chi connectivity index (χ3n) is 18.5. The number of rotatable bonds is 9. The maximum Gasteiger partial charge on any atom is 0 e. The second kappa shape index (κ2) is 23.0. The van der Waals surface area contributed by atoms with Crippen LogP contribution in [0.25, 0.3) is 82.1 Å². The first kappa shape index (κ1) is 59.5. The van der Waals surface area contributed by atoms with E-state index in [4.69, 9.17) is 9.72 Å². The Labute approximate surface area is 551 Å². The molecule has 91 heavy (non-hydrogen) atoms. The maximum atomic E-state index is 7.12. The summed E-state index contributed by atoms with van der Waals surface area (Å²) in [6, 6.07) is 103. The molecule has 1 aliphatic heterocycles. The van der Waals surface area contributed by atoms with Crippen LogP contribution in [0.1, 0.15) is 79.0 Å².